The minimum absolute atomic E-state index is 0.322. The molecule has 0 radical (unpaired) electrons. The Morgan fingerprint density at radius 3 is 2.72 bits per heavy atom. The van der Waals surface area contributed by atoms with Gasteiger partial charge in [0.05, 0.1) is 10.7 Å². The molecule has 0 bridgehead atoms. The average Bonchev–Trinajstić information content (AvgIpc) is 3.15. The first kappa shape index (κ1) is 12.1. The second-order valence-electron chi connectivity index (χ2n) is 4.33. The van der Waals surface area contributed by atoms with E-state index in [9.17, 15) is 4.39 Å². The highest BCUT2D eigenvalue weighted by Crippen LogP contribution is 2.39. The van der Waals surface area contributed by atoms with E-state index in [1.54, 1.807) is 12.1 Å². The molecular formula is C13H9BrClFN2. The van der Waals surface area contributed by atoms with Crippen LogP contribution in [0.4, 0.5) is 4.39 Å². The molecule has 3 rings (SSSR count). The van der Waals surface area contributed by atoms with Gasteiger partial charge in [0.15, 0.2) is 0 Å². The molecule has 18 heavy (non-hydrogen) atoms. The molecule has 0 aliphatic heterocycles. The van der Waals surface area contributed by atoms with E-state index in [0.29, 0.717) is 26.8 Å². The standard InChI is InChI=1S/C13H9BrClFN2/c14-12-6-11(17-13(18-12)7-1-2-7)9-5-8(16)3-4-10(9)15/h3-7H,1-2H2. The highest BCUT2D eigenvalue weighted by molar-refractivity contribution is 9.10. The molecule has 1 aromatic heterocycles. The van der Waals surface area contributed by atoms with Gasteiger partial charge in [0, 0.05) is 11.5 Å². The van der Waals surface area contributed by atoms with E-state index in [1.807, 2.05) is 0 Å². The van der Waals surface area contributed by atoms with Gasteiger partial charge in [-0.2, -0.15) is 0 Å². The van der Waals surface area contributed by atoms with Gasteiger partial charge in [-0.05, 0) is 53.0 Å². The van der Waals surface area contributed by atoms with Crippen molar-refractivity contribution in [1.82, 2.24) is 9.97 Å². The van der Waals surface area contributed by atoms with Gasteiger partial charge in [-0.15, -0.1) is 0 Å². The van der Waals surface area contributed by atoms with Gasteiger partial charge in [-0.1, -0.05) is 11.6 Å². The van der Waals surface area contributed by atoms with E-state index in [-0.39, 0.29) is 5.82 Å². The Bertz CT molecular complexity index is 614. The summed E-state index contributed by atoms with van der Waals surface area (Å²) in [6.45, 7) is 0. The minimum Gasteiger partial charge on any atom is -0.232 e. The second kappa shape index (κ2) is 4.59. The van der Waals surface area contributed by atoms with Gasteiger partial charge in [-0.25, -0.2) is 14.4 Å². The first-order chi connectivity index (χ1) is 8.63. The predicted molar refractivity (Wildman–Crippen MR) is 72.1 cm³/mol. The summed E-state index contributed by atoms with van der Waals surface area (Å²) >= 11 is 9.45. The maximum Gasteiger partial charge on any atom is 0.133 e. The van der Waals surface area contributed by atoms with E-state index in [2.05, 4.69) is 25.9 Å². The van der Waals surface area contributed by atoms with Crippen LogP contribution in [0.2, 0.25) is 5.02 Å². The van der Waals surface area contributed by atoms with Crippen LogP contribution in [0.25, 0.3) is 11.3 Å². The second-order valence-corrected chi connectivity index (χ2v) is 5.55. The quantitative estimate of drug-likeness (QED) is 0.755. The Morgan fingerprint density at radius 2 is 2.00 bits per heavy atom. The van der Waals surface area contributed by atoms with Crippen LogP contribution >= 0.6 is 27.5 Å². The van der Waals surface area contributed by atoms with Crippen molar-refractivity contribution in [3.63, 3.8) is 0 Å². The van der Waals surface area contributed by atoms with Crippen LogP contribution in [0.15, 0.2) is 28.9 Å². The molecule has 0 N–H and O–H groups in total. The number of halogens is 3. The van der Waals surface area contributed by atoms with Gasteiger partial charge < -0.3 is 0 Å². The van der Waals surface area contributed by atoms with Crippen molar-refractivity contribution >= 4 is 27.5 Å². The third kappa shape index (κ3) is 2.40. The molecule has 1 heterocycles. The zero-order valence-corrected chi connectivity index (χ0v) is 11.7. The summed E-state index contributed by atoms with van der Waals surface area (Å²) in [7, 11) is 0. The maximum absolute atomic E-state index is 13.3. The molecule has 1 saturated carbocycles. The van der Waals surface area contributed by atoms with Crippen LogP contribution in [0.1, 0.15) is 24.6 Å². The van der Waals surface area contributed by atoms with E-state index in [1.165, 1.54) is 12.1 Å². The number of hydrogen-bond donors (Lipinski definition) is 0. The number of hydrogen-bond acceptors (Lipinski definition) is 2. The number of benzene rings is 1. The van der Waals surface area contributed by atoms with Crippen molar-refractivity contribution in [2.24, 2.45) is 0 Å². The number of rotatable bonds is 2. The minimum atomic E-state index is -0.322. The van der Waals surface area contributed by atoms with Crippen molar-refractivity contribution < 1.29 is 4.39 Å². The van der Waals surface area contributed by atoms with Gasteiger partial charge in [0.2, 0.25) is 0 Å². The monoisotopic (exact) mass is 326 g/mol. The maximum atomic E-state index is 13.3. The lowest BCUT2D eigenvalue weighted by molar-refractivity contribution is 0.628. The fourth-order valence-corrected chi connectivity index (χ4v) is 2.40. The van der Waals surface area contributed by atoms with Crippen LogP contribution < -0.4 is 0 Å². The third-order valence-electron chi connectivity index (χ3n) is 2.86. The van der Waals surface area contributed by atoms with Gasteiger partial charge in [0.25, 0.3) is 0 Å². The molecule has 2 nitrogen and oxygen atoms in total. The van der Waals surface area contributed by atoms with Crippen LogP contribution in [-0.4, -0.2) is 9.97 Å². The van der Waals surface area contributed by atoms with Crippen LogP contribution in [0.5, 0.6) is 0 Å². The molecule has 0 atom stereocenters. The lowest BCUT2D eigenvalue weighted by Crippen LogP contribution is -1.96. The molecule has 2 aromatic rings. The molecule has 92 valence electrons. The third-order valence-corrected chi connectivity index (χ3v) is 3.59. The molecule has 1 aliphatic carbocycles. The Hall–Kier alpha value is -1.00. The summed E-state index contributed by atoms with van der Waals surface area (Å²) in [6.07, 6.45) is 2.24. The molecule has 1 fully saturated rings. The highest BCUT2D eigenvalue weighted by Gasteiger charge is 2.27. The number of aromatic nitrogens is 2. The largest absolute Gasteiger partial charge is 0.232 e. The van der Waals surface area contributed by atoms with Crippen molar-refractivity contribution in [2.75, 3.05) is 0 Å². The smallest absolute Gasteiger partial charge is 0.133 e. The summed E-state index contributed by atoms with van der Waals surface area (Å²) in [5.41, 5.74) is 1.25. The first-order valence-corrected chi connectivity index (χ1v) is 6.80. The van der Waals surface area contributed by atoms with Crippen molar-refractivity contribution in [2.45, 2.75) is 18.8 Å². The van der Waals surface area contributed by atoms with E-state index in [0.717, 1.165) is 18.7 Å². The summed E-state index contributed by atoms with van der Waals surface area (Å²) in [5, 5.41) is 0.490. The van der Waals surface area contributed by atoms with Gasteiger partial charge in [-0.3, -0.25) is 0 Å². The van der Waals surface area contributed by atoms with Gasteiger partial charge >= 0.3 is 0 Å². The molecule has 1 aromatic carbocycles. The normalized spacial score (nSPS) is 14.8. The highest BCUT2D eigenvalue weighted by atomic mass is 79.9. The Labute approximate surface area is 117 Å². The molecule has 0 amide bonds. The predicted octanol–water partition coefficient (Wildman–Crippen LogP) is 4.58. The summed E-state index contributed by atoms with van der Waals surface area (Å²) in [5.74, 6) is 0.922. The number of nitrogens with zero attached hydrogens (tertiary/aromatic N) is 2. The molecule has 5 heteroatoms. The van der Waals surface area contributed by atoms with Crippen molar-refractivity contribution in [3.8, 4) is 11.3 Å². The lowest BCUT2D eigenvalue weighted by atomic mass is 10.1. The molecule has 0 saturated heterocycles. The van der Waals surface area contributed by atoms with Gasteiger partial charge in [0.1, 0.15) is 16.2 Å². The topological polar surface area (TPSA) is 25.8 Å². The SMILES string of the molecule is Fc1ccc(Cl)c(-c2cc(Br)nc(C3CC3)n2)c1. The van der Waals surface area contributed by atoms with E-state index < -0.39 is 0 Å². The molecule has 1 aliphatic rings. The Balaban J connectivity index is 2.12. The van der Waals surface area contributed by atoms with E-state index >= 15 is 0 Å². The van der Waals surface area contributed by atoms with E-state index in [4.69, 9.17) is 11.6 Å². The van der Waals surface area contributed by atoms with Crippen LogP contribution in [0, 0.1) is 5.82 Å². The summed E-state index contributed by atoms with van der Waals surface area (Å²) in [4.78, 5) is 8.82. The Morgan fingerprint density at radius 1 is 1.22 bits per heavy atom. The van der Waals surface area contributed by atoms with Crippen molar-refractivity contribution in [3.05, 3.63) is 45.5 Å². The molecular weight excluding hydrogens is 319 g/mol. The van der Waals surface area contributed by atoms with Crippen LogP contribution in [-0.2, 0) is 0 Å². The summed E-state index contributed by atoms with van der Waals surface area (Å²) < 4.78 is 14.0. The average molecular weight is 328 g/mol. The molecule has 0 unspecified atom stereocenters. The zero-order chi connectivity index (χ0) is 12.7. The fourth-order valence-electron chi connectivity index (χ4n) is 1.79. The van der Waals surface area contributed by atoms with Crippen LogP contribution in [0.3, 0.4) is 0 Å². The summed E-state index contributed by atoms with van der Waals surface area (Å²) in [6, 6.07) is 6.03. The first-order valence-electron chi connectivity index (χ1n) is 5.63. The Kier molecular flexibility index (Phi) is 3.08. The fraction of sp³-hybridized carbons (Fsp3) is 0.231. The molecule has 0 spiro atoms. The van der Waals surface area contributed by atoms with Crippen molar-refractivity contribution in [1.29, 1.82) is 0 Å². The zero-order valence-electron chi connectivity index (χ0n) is 9.33. The lowest BCUT2D eigenvalue weighted by Gasteiger charge is -2.06.